The second-order valence-electron chi connectivity index (χ2n) is 9.19. The summed E-state index contributed by atoms with van der Waals surface area (Å²) in [6.45, 7) is -1.37. The Hall–Kier alpha value is -2.32. The van der Waals surface area contributed by atoms with Crippen molar-refractivity contribution in [2.75, 3.05) is 11.4 Å². The Balaban J connectivity index is 1.68. The fourth-order valence-corrected chi connectivity index (χ4v) is 6.41. The molecule has 14 heteroatoms. The monoisotopic (exact) mass is 524 g/mol. The lowest BCUT2D eigenvalue weighted by atomic mass is 9.81. The van der Waals surface area contributed by atoms with E-state index < -0.39 is 52.0 Å². The second kappa shape index (κ2) is 8.10. The summed E-state index contributed by atoms with van der Waals surface area (Å²) in [5.41, 5.74) is -6.98. The number of fused-ring (bicyclic) bond motifs is 3. The number of ether oxygens (including phenoxy) is 1. The van der Waals surface area contributed by atoms with E-state index in [-0.39, 0.29) is 28.2 Å². The summed E-state index contributed by atoms with van der Waals surface area (Å²) in [7, 11) is -5.83. The zero-order valence-electron chi connectivity index (χ0n) is 18.2. The summed E-state index contributed by atoms with van der Waals surface area (Å²) in [5.74, 6) is 0. The molecule has 2 fully saturated rings. The molecule has 7 nitrogen and oxygen atoms in total. The number of sulfonamides is 1. The molecule has 1 aromatic carbocycles. The molecule has 192 valence electrons. The van der Waals surface area contributed by atoms with E-state index in [9.17, 15) is 34.8 Å². The van der Waals surface area contributed by atoms with Crippen LogP contribution in [0.1, 0.15) is 42.5 Å². The molecule has 2 aromatic rings. The lowest BCUT2D eigenvalue weighted by Gasteiger charge is -2.43. The van der Waals surface area contributed by atoms with Crippen molar-refractivity contribution in [2.45, 2.75) is 68.2 Å². The molecule has 1 N–H and O–H groups in total. The van der Waals surface area contributed by atoms with Crippen LogP contribution in [0.25, 0.3) is 0 Å². The third-order valence-electron chi connectivity index (χ3n) is 7.13. The molecule has 4 heterocycles. The van der Waals surface area contributed by atoms with Crippen molar-refractivity contribution in [1.29, 1.82) is 0 Å². The van der Waals surface area contributed by atoms with Gasteiger partial charge in [-0.3, -0.25) is 0 Å². The molecule has 5 rings (SSSR count). The molecule has 3 aliphatic rings. The molecule has 2 bridgehead atoms. The van der Waals surface area contributed by atoms with Crippen molar-refractivity contribution in [3.63, 3.8) is 0 Å². The number of anilines is 1. The van der Waals surface area contributed by atoms with Gasteiger partial charge in [0.25, 0.3) is 0 Å². The summed E-state index contributed by atoms with van der Waals surface area (Å²) in [5, 5.41) is 0. The number of nitrogens with one attached hydrogen (secondary N) is 1. The number of rotatable bonds is 4. The molecule has 3 aliphatic heterocycles. The molecule has 1 atom stereocenters. The van der Waals surface area contributed by atoms with Crippen LogP contribution in [0.3, 0.4) is 0 Å². The van der Waals surface area contributed by atoms with E-state index in [2.05, 4.69) is 9.97 Å². The molecule has 0 spiro atoms. The minimum Gasteiger partial charge on any atom is -0.370 e. The van der Waals surface area contributed by atoms with Gasteiger partial charge in [0, 0.05) is 25.0 Å². The van der Waals surface area contributed by atoms with Crippen LogP contribution >= 0.6 is 0 Å². The first-order chi connectivity index (χ1) is 16.3. The number of H-pyrrole nitrogens is 1. The van der Waals surface area contributed by atoms with Crippen LogP contribution in [0.5, 0.6) is 0 Å². The summed E-state index contributed by atoms with van der Waals surface area (Å²) in [6, 6.07) is 1.91. The Morgan fingerprint density at radius 1 is 1.14 bits per heavy atom. The minimum atomic E-state index is -5.83. The minimum absolute atomic E-state index is 0.0682. The van der Waals surface area contributed by atoms with Crippen molar-refractivity contribution in [2.24, 2.45) is 0 Å². The van der Waals surface area contributed by atoms with Crippen molar-refractivity contribution in [1.82, 2.24) is 14.3 Å². The number of alkyl halides is 6. The van der Waals surface area contributed by atoms with Gasteiger partial charge in [-0.15, -0.1) is 0 Å². The van der Waals surface area contributed by atoms with Gasteiger partial charge in [0.1, 0.15) is 0 Å². The van der Waals surface area contributed by atoms with Gasteiger partial charge in [-0.1, -0.05) is 0 Å². The number of hydrogen-bond donors (Lipinski definition) is 1. The van der Waals surface area contributed by atoms with E-state index in [1.807, 2.05) is 0 Å². The van der Waals surface area contributed by atoms with Gasteiger partial charge in [-0.2, -0.15) is 30.6 Å². The average molecular weight is 524 g/mol. The molecule has 35 heavy (non-hydrogen) atoms. The van der Waals surface area contributed by atoms with E-state index in [4.69, 9.17) is 4.74 Å². The highest BCUT2D eigenvalue weighted by molar-refractivity contribution is 7.89. The number of aromatic nitrogens is 2. The van der Waals surface area contributed by atoms with Gasteiger partial charge in [0.15, 0.2) is 0 Å². The SMILES string of the molecule is O=S(=O)(N1Cc2cc(C(F)(F)F)ccc2N(Cc2cnc[nH]2)[C@@H](C23CCC(CC2)O3)C1)C(F)(F)F. The Morgan fingerprint density at radius 3 is 2.40 bits per heavy atom. The molecular formula is C21H22F6N4O3S. The molecule has 1 aromatic heterocycles. The highest BCUT2D eigenvalue weighted by Crippen LogP contribution is 2.50. The highest BCUT2D eigenvalue weighted by atomic mass is 32.2. The molecule has 0 aliphatic carbocycles. The molecule has 0 radical (unpaired) electrons. The molecule has 2 saturated heterocycles. The van der Waals surface area contributed by atoms with E-state index in [0.717, 1.165) is 12.1 Å². The number of imidazole rings is 1. The molecular weight excluding hydrogens is 502 g/mol. The van der Waals surface area contributed by atoms with Crippen LogP contribution in [0.15, 0.2) is 30.7 Å². The first kappa shape index (κ1) is 24.4. The lowest BCUT2D eigenvalue weighted by molar-refractivity contribution is -0.137. The maximum Gasteiger partial charge on any atom is 0.511 e. The summed E-state index contributed by atoms with van der Waals surface area (Å²) < 4.78 is 113. The van der Waals surface area contributed by atoms with Gasteiger partial charge >= 0.3 is 21.7 Å². The van der Waals surface area contributed by atoms with Crippen LogP contribution in [0.2, 0.25) is 0 Å². The Labute approximate surface area is 197 Å². The normalized spacial score (nSPS) is 27.8. The zero-order valence-corrected chi connectivity index (χ0v) is 19.1. The number of benzene rings is 1. The van der Waals surface area contributed by atoms with Crippen molar-refractivity contribution < 1.29 is 39.5 Å². The molecule has 0 amide bonds. The number of halogens is 6. The van der Waals surface area contributed by atoms with Crippen LogP contribution in [0.4, 0.5) is 32.0 Å². The summed E-state index contributed by atoms with van der Waals surface area (Å²) in [6.07, 6.45) is 0.462. The third kappa shape index (κ3) is 4.18. The van der Waals surface area contributed by atoms with Crippen LogP contribution in [0, 0.1) is 0 Å². The first-order valence-corrected chi connectivity index (χ1v) is 12.4. The number of nitrogens with zero attached hydrogens (tertiary/aromatic N) is 3. The lowest BCUT2D eigenvalue weighted by Crippen LogP contribution is -2.57. The Kier molecular flexibility index (Phi) is 5.64. The van der Waals surface area contributed by atoms with E-state index in [0.29, 0.717) is 31.4 Å². The van der Waals surface area contributed by atoms with Crippen molar-refractivity contribution >= 4 is 15.7 Å². The van der Waals surface area contributed by atoms with E-state index >= 15 is 0 Å². The van der Waals surface area contributed by atoms with Gasteiger partial charge in [0.05, 0.1) is 41.9 Å². The fourth-order valence-electron chi connectivity index (χ4n) is 5.47. The fraction of sp³-hybridized carbons (Fsp3) is 0.571. The van der Waals surface area contributed by atoms with Gasteiger partial charge in [-0.25, -0.2) is 13.4 Å². The van der Waals surface area contributed by atoms with Crippen LogP contribution in [-0.2, 0) is 34.0 Å². The van der Waals surface area contributed by atoms with E-state index in [1.54, 1.807) is 4.90 Å². The predicted molar refractivity (Wildman–Crippen MR) is 111 cm³/mol. The van der Waals surface area contributed by atoms with Gasteiger partial charge in [-0.05, 0) is 49.4 Å². The highest BCUT2D eigenvalue weighted by Gasteiger charge is 2.57. The molecule has 0 saturated carbocycles. The van der Waals surface area contributed by atoms with Gasteiger partial charge in [0.2, 0.25) is 0 Å². The first-order valence-electron chi connectivity index (χ1n) is 11.0. The Bertz CT molecular complexity index is 1190. The van der Waals surface area contributed by atoms with Gasteiger partial charge < -0.3 is 14.6 Å². The predicted octanol–water partition coefficient (Wildman–Crippen LogP) is 4.18. The number of hydrogen-bond acceptors (Lipinski definition) is 5. The topological polar surface area (TPSA) is 78.5 Å². The second-order valence-corrected chi connectivity index (χ2v) is 11.1. The summed E-state index contributed by atoms with van der Waals surface area (Å²) in [4.78, 5) is 8.52. The maximum absolute atomic E-state index is 13.6. The standard InChI is InChI=1S/C21H22F6N4O3S/c22-20(23,24)14-1-2-17-13(7-14)9-30(35(32,33)21(25,26)27)11-18(19-5-3-16(34-19)4-6-19)31(17)10-15-8-28-12-29-15/h1-2,7-8,12,16,18H,3-6,9-11H2,(H,28,29)/t16?,18-,19?/m1/s1. The smallest absolute Gasteiger partial charge is 0.370 e. The van der Waals surface area contributed by atoms with Crippen molar-refractivity contribution in [3.05, 3.63) is 47.5 Å². The quantitative estimate of drug-likeness (QED) is 0.608. The number of aromatic amines is 1. The average Bonchev–Trinajstić information content (AvgIpc) is 3.50. The zero-order chi connectivity index (χ0) is 25.2. The van der Waals surface area contributed by atoms with E-state index in [1.165, 1.54) is 18.6 Å². The Morgan fingerprint density at radius 2 is 1.86 bits per heavy atom. The van der Waals surface area contributed by atoms with Crippen LogP contribution < -0.4 is 4.90 Å². The maximum atomic E-state index is 13.6. The summed E-state index contributed by atoms with van der Waals surface area (Å²) >= 11 is 0. The largest absolute Gasteiger partial charge is 0.511 e. The third-order valence-corrected chi connectivity index (χ3v) is 8.67. The van der Waals surface area contributed by atoms with Crippen molar-refractivity contribution in [3.8, 4) is 0 Å². The molecule has 0 unspecified atom stereocenters. The van der Waals surface area contributed by atoms with Crippen LogP contribution in [-0.4, -0.2) is 52.5 Å².